The van der Waals surface area contributed by atoms with Gasteiger partial charge in [0, 0.05) is 19.8 Å². The Morgan fingerprint density at radius 3 is 2.44 bits per heavy atom. The summed E-state index contributed by atoms with van der Waals surface area (Å²) in [6.45, 7) is -0.246. The maximum atomic E-state index is 11.9. The minimum absolute atomic E-state index is 0.111. The summed E-state index contributed by atoms with van der Waals surface area (Å²) in [5.41, 5.74) is 4.34. The summed E-state index contributed by atoms with van der Waals surface area (Å²) in [5, 5.41) is 15.8. The topological polar surface area (TPSA) is 94.0 Å². The van der Waals surface area contributed by atoms with E-state index in [0.29, 0.717) is 0 Å². The fourth-order valence-electron chi connectivity index (χ4n) is 2.00. The molecule has 130 valence electrons. The van der Waals surface area contributed by atoms with Crippen LogP contribution in [-0.2, 0) is 4.79 Å². The van der Waals surface area contributed by atoms with Crippen LogP contribution in [0.2, 0.25) is 0 Å². The first-order valence-corrected chi connectivity index (χ1v) is 7.63. The highest BCUT2D eigenvalue weighted by molar-refractivity contribution is 5.98. The average Bonchev–Trinajstić information content (AvgIpc) is 2.60. The van der Waals surface area contributed by atoms with Crippen LogP contribution in [0.4, 0.5) is 5.69 Å². The van der Waals surface area contributed by atoms with Crippen molar-refractivity contribution in [1.82, 2.24) is 10.7 Å². The molecule has 0 radical (unpaired) electrons. The van der Waals surface area contributed by atoms with Gasteiger partial charge >= 0.3 is 0 Å². The van der Waals surface area contributed by atoms with Gasteiger partial charge in [-0.25, -0.2) is 5.43 Å². The molecular weight excluding hydrogens is 320 g/mol. The zero-order valence-electron chi connectivity index (χ0n) is 14.1. The Morgan fingerprint density at radius 1 is 1.12 bits per heavy atom. The number of carbonyl (C=O) groups excluding carboxylic acids is 2. The lowest BCUT2D eigenvalue weighted by molar-refractivity contribution is -0.120. The molecule has 0 aliphatic carbocycles. The van der Waals surface area contributed by atoms with E-state index in [1.54, 1.807) is 12.1 Å². The number of nitrogens with zero attached hydrogens (tertiary/aromatic N) is 2. The number of para-hydroxylation sites is 1. The monoisotopic (exact) mass is 340 g/mol. The number of nitrogens with one attached hydrogen (secondary N) is 2. The number of benzene rings is 2. The number of hydrazone groups is 1. The molecule has 25 heavy (non-hydrogen) atoms. The molecule has 0 aliphatic heterocycles. The molecule has 2 rings (SSSR count). The Labute approximate surface area is 146 Å². The summed E-state index contributed by atoms with van der Waals surface area (Å²) >= 11 is 0. The van der Waals surface area contributed by atoms with Gasteiger partial charge < -0.3 is 15.3 Å². The van der Waals surface area contributed by atoms with Crippen molar-refractivity contribution in [2.75, 3.05) is 25.5 Å². The summed E-state index contributed by atoms with van der Waals surface area (Å²) < 4.78 is 0. The lowest BCUT2D eigenvalue weighted by atomic mass is 10.2. The van der Waals surface area contributed by atoms with Crippen LogP contribution in [0, 0.1) is 0 Å². The predicted molar refractivity (Wildman–Crippen MR) is 96.9 cm³/mol. The van der Waals surface area contributed by atoms with Crippen LogP contribution >= 0.6 is 0 Å². The number of hydrogen-bond donors (Lipinski definition) is 3. The first-order valence-electron chi connectivity index (χ1n) is 7.63. The molecule has 7 heteroatoms. The Morgan fingerprint density at radius 2 is 1.80 bits per heavy atom. The minimum atomic E-state index is -0.531. The van der Waals surface area contributed by atoms with E-state index in [2.05, 4.69) is 15.8 Å². The predicted octanol–water partition coefficient (Wildman–Crippen LogP) is 1.34. The van der Waals surface area contributed by atoms with Crippen molar-refractivity contribution in [2.24, 2.45) is 5.10 Å². The van der Waals surface area contributed by atoms with Gasteiger partial charge in [0.2, 0.25) is 0 Å². The molecule has 0 saturated heterocycles. The average molecular weight is 340 g/mol. The standard InChI is InChI=1S/C18H20N4O3/c1-22(2)14-9-7-13(8-10-14)11-20-21-17(24)12-19-18(25)15-5-3-4-6-16(15)23/h3-11,23H,12H2,1-2H3,(H,19,25)(H,21,24). The summed E-state index contributed by atoms with van der Waals surface area (Å²) in [6.07, 6.45) is 1.52. The summed E-state index contributed by atoms with van der Waals surface area (Å²) in [7, 11) is 3.90. The first-order chi connectivity index (χ1) is 12.0. The second kappa shape index (κ2) is 8.49. The van der Waals surface area contributed by atoms with Crippen LogP contribution in [0.5, 0.6) is 5.75 Å². The molecule has 0 unspecified atom stereocenters. The zero-order chi connectivity index (χ0) is 18.2. The molecule has 0 bridgehead atoms. The van der Waals surface area contributed by atoms with E-state index in [9.17, 15) is 14.7 Å². The fourth-order valence-corrected chi connectivity index (χ4v) is 2.00. The molecule has 2 amide bonds. The SMILES string of the molecule is CN(C)c1ccc(C=NNC(=O)CNC(=O)c2ccccc2O)cc1. The van der Waals surface area contributed by atoms with E-state index in [-0.39, 0.29) is 17.9 Å². The lowest BCUT2D eigenvalue weighted by Gasteiger charge is -2.11. The van der Waals surface area contributed by atoms with Crippen molar-refractivity contribution in [1.29, 1.82) is 0 Å². The minimum Gasteiger partial charge on any atom is -0.507 e. The van der Waals surface area contributed by atoms with Gasteiger partial charge in [-0.05, 0) is 29.8 Å². The Balaban J connectivity index is 1.80. The number of amides is 2. The van der Waals surface area contributed by atoms with Gasteiger partial charge in [0.05, 0.1) is 18.3 Å². The Kier molecular flexibility index (Phi) is 6.11. The van der Waals surface area contributed by atoms with Gasteiger partial charge in [-0.3, -0.25) is 9.59 Å². The molecular formula is C18H20N4O3. The van der Waals surface area contributed by atoms with Crippen LogP contribution in [0.3, 0.4) is 0 Å². The van der Waals surface area contributed by atoms with Gasteiger partial charge in [0.25, 0.3) is 11.8 Å². The molecule has 0 aromatic heterocycles. The quantitative estimate of drug-likeness (QED) is 0.546. The molecule has 7 nitrogen and oxygen atoms in total. The number of aromatic hydroxyl groups is 1. The van der Waals surface area contributed by atoms with Crippen LogP contribution in [0.1, 0.15) is 15.9 Å². The number of carbonyl (C=O) groups is 2. The lowest BCUT2D eigenvalue weighted by Crippen LogP contribution is -2.34. The van der Waals surface area contributed by atoms with Crippen molar-refractivity contribution in [3.63, 3.8) is 0 Å². The summed E-state index contributed by atoms with van der Waals surface area (Å²) in [5.74, 6) is -1.14. The van der Waals surface area contributed by atoms with Crippen LogP contribution < -0.4 is 15.6 Å². The van der Waals surface area contributed by atoms with E-state index >= 15 is 0 Å². The maximum Gasteiger partial charge on any atom is 0.259 e. The number of hydrogen-bond acceptors (Lipinski definition) is 5. The van der Waals surface area contributed by atoms with Gasteiger partial charge in [-0.2, -0.15) is 5.10 Å². The largest absolute Gasteiger partial charge is 0.507 e. The smallest absolute Gasteiger partial charge is 0.259 e. The van der Waals surface area contributed by atoms with Gasteiger partial charge in [0.1, 0.15) is 5.75 Å². The van der Waals surface area contributed by atoms with Crippen molar-refractivity contribution < 1.29 is 14.7 Å². The first kappa shape index (κ1) is 18.0. The molecule has 3 N–H and O–H groups in total. The molecule has 0 spiro atoms. The molecule has 0 saturated carbocycles. The van der Waals surface area contributed by atoms with E-state index in [0.717, 1.165) is 11.3 Å². The second-order valence-electron chi connectivity index (χ2n) is 5.48. The molecule has 2 aromatic rings. The Bertz CT molecular complexity index is 770. The maximum absolute atomic E-state index is 11.9. The molecule has 0 aliphatic rings. The van der Waals surface area contributed by atoms with E-state index < -0.39 is 11.8 Å². The normalized spacial score (nSPS) is 10.5. The molecule has 0 fully saturated rings. The number of phenolic OH excluding ortho intramolecular Hbond substituents is 1. The van der Waals surface area contributed by atoms with Gasteiger partial charge in [0.15, 0.2) is 0 Å². The highest BCUT2D eigenvalue weighted by Gasteiger charge is 2.11. The third-order valence-electron chi connectivity index (χ3n) is 3.37. The number of anilines is 1. The van der Waals surface area contributed by atoms with E-state index in [1.807, 2.05) is 43.3 Å². The second-order valence-corrected chi connectivity index (χ2v) is 5.48. The Hall–Kier alpha value is -3.35. The third-order valence-corrected chi connectivity index (χ3v) is 3.37. The van der Waals surface area contributed by atoms with Crippen molar-refractivity contribution in [3.05, 3.63) is 59.7 Å². The van der Waals surface area contributed by atoms with Crippen LogP contribution in [0.25, 0.3) is 0 Å². The molecule has 0 heterocycles. The van der Waals surface area contributed by atoms with Crippen LogP contribution in [-0.4, -0.2) is 43.8 Å². The fraction of sp³-hybridized carbons (Fsp3) is 0.167. The zero-order valence-corrected chi connectivity index (χ0v) is 14.1. The van der Waals surface area contributed by atoms with Gasteiger partial charge in [-0.1, -0.05) is 24.3 Å². The highest BCUT2D eigenvalue weighted by Crippen LogP contribution is 2.14. The number of phenols is 1. The summed E-state index contributed by atoms with van der Waals surface area (Å²) in [6, 6.07) is 13.7. The van der Waals surface area contributed by atoms with E-state index in [4.69, 9.17) is 0 Å². The van der Waals surface area contributed by atoms with Crippen molar-refractivity contribution in [3.8, 4) is 5.75 Å². The number of rotatable bonds is 6. The highest BCUT2D eigenvalue weighted by atomic mass is 16.3. The van der Waals surface area contributed by atoms with Gasteiger partial charge in [-0.15, -0.1) is 0 Å². The van der Waals surface area contributed by atoms with Crippen molar-refractivity contribution >= 4 is 23.7 Å². The van der Waals surface area contributed by atoms with E-state index in [1.165, 1.54) is 18.3 Å². The summed E-state index contributed by atoms with van der Waals surface area (Å²) in [4.78, 5) is 25.5. The van der Waals surface area contributed by atoms with Crippen molar-refractivity contribution in [2.45, 2.75) is 0 Å². The van der Waals surface area contributed by atoms with Crippen LogP contribution in [0.15, 0.2) is 53.6 Å². The molecule has 2 aromatic carbocycles. The molecule has 0 atom stereocenters. The third kappa shape index (κ3) is 5.35.